The molecule has 3 rings (SSSR count). The van der Waals surface area contributed by atoms with Crippen LogP contribution in [0.3, 0.4) is 0 Å². The number of ether oxygens (including phenoxy) is 1. The first-order valence-electron chi connectivity index (χ1n) is 6.77. The van der Waals surface area contributed by atoms with E-state index in [1.807, 2.05) is 23.9 Å². The smallest absolute Gasteiger partial charge is 0.307 e. The van der Waals surface area contributed by atoms with Crippen LogP contribution in [0.2, 0.25) is 0 Å². The van der Waals surface area contributed by atoms with E-state index in [0.29, 0.717) is 0 Å². The Hall–Kier alpha value is -2.01. The highest BCUT2D eigenvalue weighted by Gasteiger charge is 2.14. The maximum atomic E-state index is 10.9. The van der Waals surface area contributed by atoms with Crippen molar-refractivity contribution in [3.8, 4) is 0 Å². The number of aromatic nitrogens is 1. The topological polar surface area (TPSA) is 54.7 Å². The van der Waals surface area contributed by atoms with Gasteiger partial charge in [-0.15, -0.1) is 0 Å². The molecule has 0 radical (unpaired) electrons. The van der Waals surface area contributed by atoms with Crippen molar-refractivity contribution >= 4 is 22.6 Å². The molecule has 0 unspecified atom stereocenters. The van der Waals surface area contributed by atoms with Crippen molar-refractivity contribution in [2.24, 2.45) is 7.05 Å². The highest BCUT2D eigenvalue weighted by molar-refractivity contribution is 5.89. The van der Waals surface area contributed by atoms with E-state index < -0.39 is 5.97 Å². The summed E-state index contributed by atoms with van der Waals surface area (Å²) in [7, 11) is 1.96. The van der Waals surface area contributed by atoms with Crippen LogP contribution in [-0.2, 0) is 23.0 Å². The Morgan fingerprint density at radius 1 is 1.35 bits per heavy atom. The van der Waals surface area contributed by atoms with Gasteiger partial charge in [-0.25, -0.2) is 0 Å². The molecule has 0 saturated carbocycles. The van der Waals surface area contributed by atoms with Gasteiger partial charge in [-0.05, 0) is 17.7 Å². The van der Waals surface area contributed by atoms with Gasteiger partial charge in [0.25, 0.3) is 0 Å². The van der Waals surface area contributed by atoms with Crippen LogP contribution in [0.4, 0.5) is 5.69 Å². The summed E-state index contributed by atoms with van der Waals surface area (Å²) in [6, 6.07) is 6.23. The Balaban J connectivity index is 1.98. The second-order valence-electron chi connectivity index (χ2n) is 5.14. The fraction of sp³-hybridized carbons (Fsp3) is 0.400. The van der Waals surface area contributed by atoms with E-state index in [0.717, 1.165) is 42.8 Å². The zero-order valence-electron chi connectivity index (χ0n) is 11.5. The van der Waals surface area contributed by atoms with Crippen molar-refractivity contribution in [3.63, 3.8) is 0 Å². The number of aliphatic carboxylic acids is 1. The van der Waals surface area contributed by atoms with Gasteiger partial charge in [-0.2, -0.15) is 0 Å². The van der Waals surface area contributed by atoms with Gasteiger partial charge in [0, 0.05) is 37.4 Å². The normalized spacial score (nSPS) is 15.8. The number of hydrogen-bond acceptors (Lipinski definition) is 3. The van der Waals surface area contributed by atoms with Gasteiger partial charge in [-0.1, -0.05) is 6.07 Å². The molecule has 106 valence electrons. The standard InChI is InChI=1S/C15H18N2O3/c1-16-10-11(8-15(18)19)13-3-2-12(9-14(13)16)17-4-6-20-7-5-17/h2-3,9-10H,4-8H2,1H3,(H,18,19). The van der Waals surface area contributed by atoms with Crippen LogP contribution in [0.25, 0.3) is 10.9 Å². The van der Waals surface area contributed by atoms with E-state index in [2.05, 4.69) is 17.0 Å². The zero-order valence-corrected chi connectivity index (χ0v) is 11.5. The average molecular weight is 274 g/mol. The van der Waals surface area contributed by atoms with Crippen LogP contribution in [0.1, 0.15) is 5.56 Å². The number of carbonyl (C=O) groups is 1. The van der Waals surface area contributed by atoms with E-state index in [1.165, 1.54) is 5.69 Å². The van der Waals surface area contributed by atoms with E-state index in [1.54, 1.807) is 0 Å². The highest BCUT2D eigenvalue weighted by Crippen LogP contribution is 2.26. The van der Waals surface area contributed by atoms with E-state index >= 15 is 0 Å². The van der Waals surface area contributed by atoms with Crippen molar-refractivity contribution < 1.29 is 14.6 Å². The number of rotatable bonds is 3. The second kappa shape index (κ2) is 5.17. The molecule has 0 atom stereocenters. The van der Waals surface area contributed by atoms with Gasteiger partial charge in [0.05, 0.1) is 25.2 Å². The Morgan fingerprint density at radius 3 is 2.80 bits per heavy atom. The fourth-order valence-corrected chi connectivity index (χ4v) is 2.78. The number of hydrogen-bond donors (Lipinski definition) is 1. The summed E-state index contributed by atoms with van der Waals surface area (Å²) >= 11 is 0. The minimum Gasteiger partial charge on any atom is -0.481 e. The molecule has 1 aliphatic heterocycles. The van der Waals surface area contributed by atoms with Crippen molar-refractivity contribution in [2.75, 3.05) is 31.2 Å². The summed E-state index contributed by atoms with van der Waals surface area (Å²) in [5.41, 5.74) is 3.11. The van der Waals surface area contributed by atoms with Crippen LogP contribution in [0.15, 0.2) is 24.4 Å². The monoisotopic (exact) mass is 274 g/mol. The maximum Gasteiger partial charge on any atom is 0.307 e. The molecule has 0 spiro atoms. The molecule has 0 bridgehead atoms. The largest absolute Gasteiger partial charge is 0.481 e. The molecule has 1 aromatic heterocycles. The fourth-order valence-electron chi connectivity index (χ4n) is 2.78. The first-order valence-corrected chi connectivity index (χ1v) is 6.77. The first kappa shape index (κ1) is 13.0. The van der Waals surface area contributed by atoms with Gasteiger partial charge < -0.3 is 19.3 Å². The van der Waals surface area contributed by atoms with Gasteiger partial charge in [-0.3, -0.25) is 4.79 Å². The Kier molecular flexibility index (Phi) is 3.36. The van der Waals surface area contributed by atoms with Crippen molar-refractivity contribution in [2.45, 2.75) is 6.42 Å². The van der Waals surface area contributed by atoms with Gasteiger partial charge in [0.15, 0.2) is 0 Å². The van der Waals surface area contributed by atoms with E-state index in [-0.39, 0.29) is 6.42 Å². The third-order valence-electron chi connectivity index (χ3n) is 3.77. The minimum absolute atomic E-state index is 0.0637. The van der Waals surface area contributed by atoms with Crippen LogP contribution in [0, 0.1) is 0 Å². The highest BCUT2D eigenvalue weighted by atomic mass is 16.5. The molecule has 5 nitrogen and oxygen atoms in total. The summed E-state index contributed by atoms with van der Waals surface area (Å²) in [6.07, 6.45) is 1.97. The summed E-state index contributed by atoms with van der Waals surface area (Å²) in [5, 5.41) is 9.98. The molecular weight excluding hydrogens is 256 g/mol. The number of anilines is 1. The lowest BCUT2D eigenvalue weighted by molar-refractivity contribution is -0.136. The molecule has 1 saturated heterocycles. The van der Waals surface area contributed by atoms with Gasteiger partial charge in [0.1, 0.15) is 0 Å². The molecule has 1 aromatic carbocycles. The van der Waals surface area contributed by atoms with Crippen molar-refractivity contribution in [1.82, 2.24) is 4.57 Å². The summed E-state index contributed by atoms with van der Waals surface area (Å²) in [6.45, 7) is 3.32. The number of carboxylic acids is 1. The zero-order chi connectivity index (χ0) is 14.1. The van der Waals surface area contributed by atoms with Crippen molar-refractivity contribution in [3.05, 3.63) is 30.0 Å². The molecule has 0 amide bonds. The number of aryl methyl sites for hydroxylation is 1. The number of morpholine rings is 1. The number of carboxylic acid groups (broad SMARTS) is 1. The average Bonchev–Trinajstić information content (AvgIpc) is 2.75. The van der Waals surface area contributed by atoms with Crippen LogP contribution in [0.5, 0.6) is 0 Å². The van der Waals surface area contributed by atoms with Crippen LogP contribution in [-0.4, -0.2) is 41.9 Å². The molecule has 1 N–H and O–H groups in total. The Labute approximate surface area is 117 Å². The minimum atomic E-state index is -0.797. The third kappa shape index (κ3) is 2.36. The summed E-state index contributed by atoms with van der Waals surface area (Å²) < 4.78 is 7.37. The molecule has 20 heavy (non-hydrogen) atoms. The van der Waals surface area contributed by atoms with E-state index in [4.69, 9.17) is 9.84 Å². The Morgan fingerprint density at radius 2 is 2.10 bits per heavy atom. The number of nitrogens with zero attached hydrogens (tertiary/aromatic N) is 2. The maximum absolute atomic E-state index is 10.9. The lowest BCUT2D eigenvalue weighted by atomic mass is 10.1. The van der Waals surface area contributed by atoms with E-state index in [9.17, 15) is 4.79 Å². The van der Waals surface area contributed by atoms with Gasteiger partial charge >= 0.3 is 5.97 Å². The first-order chi connectivity index (χ1) is 9.65. The Bertz CT molecular complexity index is 642. The summed E-state index contributed by atoms with van der Waals surface area (Å²) in [5.74, 6) is -0.797. The lowest BCUT2D eigenvalue weighted by Crippen LogP contribution is -2.36. The molecule has 2 aromatic rings. The van der Waals surface area contributed by atoms with Crippen LogP contribution >= 0.6 is 0 Å². The molecule has 1 fully saturated rings. The molecule has 2 heterocycles. The number of fused-ring (bicyclic) bond motifs is 1. The van der Waals surface area contributed by atoms with Crippen LogP contribution < -0.4 is 4.90 Å². The lowest BCUT2D eigenvalue weighted by Gasteiger charge is -2.29. The molecule has 1 aliphatic rings. The SMILES string of the molecule is Cn1cc(CC(=O)O)c2ccc(N3CCOCC3)cc21. The summed E-state index contributed by atoms with van der Waals surface area (Å²) in [4.78, 5) is 13.2. The molecule has 0 aliphatic carbocycles. The second-order valence-corrected chi connectivity index (χ2v) is 5.14. The predicted molar refractivity (Wildman–Crippen MR) is 77.3 cm³/mol. The third-order valence-corrected chi connectivity index (χ3v) is 3.77. The quantitative estimate of drug-likeness (QED) is 0.924. The molecule has 5 heteroatoms. The van der Waals surface area contributed by atoms with Crippen molar-refractivity contribution in [1.29, 1.82) is 0 Å². The molecular formula is C15H18N2O3. The number of benzene rings is 1. The predicted octanol–water partition coefficient (Wildman–Crippen LogP) is 1.64. The van der Waals surface area contributed by atoms with Gasteiger partial charge in [0.2, 0.25) is 0 Å².